The predicted molar refractivity (Wildman–Crippen MR) is 66.1 cm³/mol. The summed E-state index contributed by atoms with van der Waals surface area (Å²) in [5, 5.41) is 18.1. The topological polar surface area (TPSA) is 66.1 Å². The van der Waals surface area contributed by atoms with Crippen LogP contribution in [0.5, 0.6) is 11.5 Å². The SMILES string of the molecule is Cc1ccccc1OCc1cc(C#N)c(O)cn1. The van der Waals surface area contributed by atoms with Gasteiger partial charge in [-0.25, -0.2) is 0 Å². The molecule has 18 heavy (non-hydrogen) atoms. The number of nitriles is 1. The van der Waals surface area contributed by atoms with Crippen LogP contribution in [0.2, 0.25) is 0 Å². The molecule has 1 N–H and O–H groups in total. The summed E-state index contributed by atoms with van der Waals surface area (Å²) in [5.41, 5.74) is 1.85. The van der Waals surface area contributed by atoms with Crippen molar-refractivity contribution in [3.63, 3.8) is 0 Å². The minimum absolute atomic E-state index is 0.114. The largest absolute Gasteiger partial charge is 0.505 e. The number of ether oxygens (including phenoxy) is 1. The summed E-state index contributed by atoms with van der Waals surface area (Å²) >= 11 is 0. The number of benzene rings is 1. The van der Waals surface area contributed by atoms with Gasteiger partial charge >= 0.3 is 0 Å². The van der Waals surface area contributed by atoms with Gasteiger partial charge in [-0.15, -0.1) is 0 Å². The van der Waals surface area contributed by atoms with Crippen LogP contribution in [0, 0.1) is 18.3 Å². The zero-order valence-electron chi connectivity index (χ0n) is 9.92. The van der Waals surface area contributed by atoms with Gasteiger partial charge in [-0.2, -0.15) is 5.26 Å². The van der Waals surface area contributed by atoms with E-state index < -0.39 is 0 Å². The highest BCUT2D eigenvalue weighted by Gasteiger charge is 2.04. The van der Waals surface area contributed by atoms with E-state index in [0.717, 1.165) is 11.3 Å². The molecular formula is C14H12N2O2. The Balaban J connectivity index is 2.12. The van der Waals surface area contributed by atoms with Crippen molar-refractivity contribution in [3.8, 4) is 17.6 Å². The van der Waals surface area contributed by atoms with Crippen LogP contribution in [0.25, 0.3) is 0 Å². The zero-order chi connectivity index (χ0) is 13.0. The number of aromatic nitrogens is 1. The van der Waals surface area contributed by atoms with Crippen molar-refractivity contribution in [2.45, 2.75) is 13.5 Å². The van der Waals surface area contributed by atoms with Gasteiger partial charge in [0, 0.05) is 0 Å². The van der Waals surface area contributed by atoms with Gasteiger partial charge in [-0.1, -0.05) is 18.2 Å². The Morgan fingerprint density at radius 1 is 1.39 bits per heavy atom. The third-order valence-electron chi connectivity index (χ3n) is 2.53. The van der Waals surface area contributed by atoms with Gasteiger partial charge < -0.3 is 9.84 Å². The molecule has 0 fully saturated rings. The molecule has 0 amide bonds. The Morgan fingerprint density at radius 2 is 2.17 bits per heavy atom. The first-order valence-electron chi connectivity index (χ1n) is 5.47. The van der Waals surface area contributed by atoms with Crippen molar-refractivity contribution in [1.82, 2.24) is 4.98 Å². The van der Waals surface area contributed by atoms with E-state index in [2.05, 4.69) is 4.98 Å². The maximum atomic E-state index is 9.34. The van der Waals surface area contributed by atoms with E-state index in [-0.39, 0.29) is 17.9 Å². The van der Waals surface area contributed by atoms with Gasteiger partial charge in [-0.3, -0.25) is 4.98 Å². The van der Waals surface area contributed by atoms with Crippen LogP contribution in [0.1, 0.15) is 16.8 Å². The van der Waals surface area contributed by atoms with E-state index in [1.54, 1.807) is 0 Å². The van der Waals surface area contributed by atoms with Crippen LogP contribution < -0.4 is 4.74 Å². The van der Waals surface area contributed by atoms with Gasteiger partial charge in [0.2, 0.25) is 0 Å². The molecule has 0 saturated carbocycles. The molecule has 1 aromatic heterocycles. The molecule has 0 spiro atoms. The molecule has 1 aromatic carbocycles. The lowest BCUT2D eigenvalue weighted by Crippen LogP contribution is -1.99. The molecule has 0 unspecified atom stereocenters. The summed E-state index contributed by atoms with van der Waals surface area (Å²) in [6.07, 6.45) is 1.26. The fourth-order valence-corrected chi connectivity index (χ4v) is 1.53. The lowest BCUT2D eigenvalue weighted by molar-refractivity contribution is 0.299. The molecule has 2 aromatic rings. The van der Waals surface area contributed by atoms with Crippen molar-refractivity contribution in [2.24, 2.45) is 0 Å². The van der Waals surface area contributed by atoms with Gasteiger partial charge in [0.15, 0.2) is 5.75 Å². The third kappa shape index (κ3) is 2.58. The number of aryl methyl sites for hydroxylation is 1. The van der Waals surface area contributed by atoms with Gasteiger partial charge in [-0.05, 0) is 24.6 Å². The second-order valence-corrected chi connectivity index (χ2v) is 3.86. The number of rotatable bonds is 3. The summed E-state index contributed by atoms with van der Waals surface area (Å²) in [7, 11) is 0. The van der Waals surface area contributed by atoms with E-state index >= 15 is 0 Å². The average Bonchev–Trinajstić information content (AvgIpc) is 2.39. The number of pyridine rings is 1. The second kappa shape index (κ2) is 5.19. The fraction of sp³-hybridized carbons (Fsp3) is 0.143. The number of nitrogens with zero attached hydrogens (tertiary/aromatic N) is 2. The number of aromatic hydroxyl groups is 1. The van der Waals surface area contributed by atoms with E-state index in [0.29, 0.717) is 5.69 Å². The molecule has 90 valence electrons. The predicted octanol–water partition coefficient (Wildman–Crippen LogP) is 2.55. The Bertz CT molecular complexity index is 603. The van der Waals surface area contributed by atoms with Crippen LogP contribution in [0.3, 0.4) is 0 Å². The summed E-state index contributed by atoms with van der Waals surface area (Å²) < 4.78 is 5.61. The number of para-hydroxylation sites is 1. The van der Waals surface area contributed by atoms with Crippen molar-refractivity contribution in [3.05, 3.63) is 53.3 Å². The van der Waals surface area contributed by atoms with E-state index in [1.165, 1.54) is 12.3 Å². The first-order valence-corrected chi connectivity index (χ1v) is 5.47. The van der Waals surface area contributed by atoms with Crippen LogP contribution in [0.4, 0.5) is 0 Å². The van der Waals surface area contributed by atoms with Crippen molar-refractivity contribution >= 4 is 0 Å². The Labute approximate surface area is 105 Å². The highest BCUT2D eigenvalue weighted by Crippen LogP contribution is 2.19. The Kier molecular flexibility index (Phi) is 3.44. The molecule has 1 heterocycles. The molecule has 2 rings (SSSR count). The normalized spacial score (nSPS) is 9.78. The molecule has 0 aliphatic carbocycles. The van der Waals surface area contributed by atoms with Crippen molar-refractivity contribution < 1.29 is 9.84 Å². The Morgan fingerprint density at radius 3 is 2.89 bits per heavy atom. The smallest absolute Gasteiger partial charge is 0.151 e. The first-order chi connectivity index (χ1) is 8.70. The minimum Gasteiger partial charge on any atom is -0.505 e. The Hall–Kier alpha value is -2.54. The molecule has 0 saturated heterocycles. The van der Waals surface area contributed by atoms with Gasteiger partial charge in [0.1, 0.15) is 18.4 Å². The molecule has 0 bridgehead atoms. The minimum atomic E-state index is -0.114. The van der Waals surface area contributed by atoms with Crippen LogP contribution >= 0.6 is 0 Å². The third-order valence-corrected chi connectivity index (χ3v) is 2.53. The standard InChI is InChI=1S/C14H12N2O2/c1-10-4-2-3-5-14(10)18-9-12-6-11(7-15)13(17)8-16-12/h2-6,8,17H,9H2,1H3. The van der Waals surface area contributed by atoms with Crippen LogP contribution in [-0.4, -0.2) is 10.1 Å². The van der Waals surface area contributed by atoms with E-state index in [4.69, 9.17) is 10.00 Å². The lowest BCUT2D eigenvalue weighted by atomic mass is 10.2. The van der Waals surface area contributed by atoms with Crippen LogP contribution in [-0.2, 0) is 6.61 Å². The van der Waals surface area contributed by atoms with E-state index in [1.807, 2.05) is 37.3 Å². The summed E-state index contributed by atoms with van der Waals surface area (Å²) in [4.78, 5) is 4.01. The molecule has 0 aliphatic heterocycles. The molecule has 0 radical (unpaired) electrons. The summed E-state index contributed by atoms with van der Waals surface area (Å²) in [6, 6.07) is 11.1. The van der Waals surface area contributed by atoms with Crippen LogP contribution in [0.15, 0.2) is 36.5 Å². The number of hydrogen-bond acceptors (Lipinski definition) is 4. The second-order valence-electron chi connectivity index (χ2n) is 3.86. The van der Waals surface area contributed by atoms with Gasteiger partial charge in [0.25, 0.3) is 0 Å². The van der Waals surface area contributed by atoms with E-state index in [9.17, 15) is 5.11 Å². The average molecular weight is 240 g/mol. The molecule has 4 heteroatoms. The molecule has 0 aliphatic rings. The molecular weight excluding hydrogens is 228 g/mol. The maximum Gasteiger partial charge on any atom is 0.151 e. The number of hydrogen-bond donors (Lipinski definition) is 1. The van der Waals surface area contributed by atoms with Crippen molar-refractivity contribution in [1.29, 1.82) is 5.26 Å². The lowest BCUT2D eigenvalue weighted by Gasteiger charge is -2.08. The zero-order valence-corrected chi connectivity index (χ0v) is 9.92. The quantitative estimate of drug-likeness (QED) is 0.895. The summed E-state index contributed by atoms with van der Waals surface area (Å²) in [5.74, 6) is 0.669. The van der Waals surface area contributed by atoms with Crippen molar-refractivity contribution in [2.75, 3.05) is 0 Å². The highest BCUT2D eigenvalue weighted by atomic mass is 16.5. The fourth-order valence-electron chi connectivity index (χ4n) is 1.53. The highest BCUT2D eigenvalue weighted by molar-refractivity contribution is 5.41. The molecule has 0 atom stereocenters. The monoisotopic (exact) mass is 240 g/mol. The van der Waals surface area contributed by atoms with Gasteiger partial charge in [0.05, 0.1) is 17.5 Å². The first kappa shape index (κ1) is 11.9. The summed E-state index contributed by atoms with van der Waals surface area (Å²) in [6.45, 7) is 2.22. The maximum absolute atomic E-state index is 9.34. The molecule has 4 nitrogen and oxygen atoms in total.